The maximum Gasteiger partial charge on any atom is 0.292 e. The standard InChI is InChI=1S/C13H17BrN2O2S/c1-2-11-9-15(5-6-19-11)12-4-3-10(8-14)7-13(12)16(17)18/h3-4,7,11H,2,5-6,8-9H2,1H3. The molecule has 0 spiro atoms. The fourth-order valence-electron chi connectivity index (χ4n) is 2.25. The summed E-state index contributed by atoms with van der Waals surface area (Å²) in [7, 11) is 0. The molecule has 1 aromatic rings. The topological polar surface area (TPSA) is 46.4 Å². The number of anilines is 1. The molecule has 1 aliphatic heterocycles. The highest BCUT2D eigenvalue weighted by molar-refractivity contribution is 9.08. The minimum Gasteiger partial charge on any atom is -0.364 e. The molecule has 0 radical (unpaired) electrons. The third kappa shape index (κ3) is 3.42. The average molecular weight is 345 g/mol. The predicted octanol–water partition coefficient (Wildman–Crippen LogP) is 3.82. The molecular formula is C13H17BrN2O2S. The fraction of sp³-hybridized carbons (Fsp3) is 0.538. The van der Waals surface area contributed by atoms with Crippen LogP contribution in [0.4, 0.5) is 11.4 Å². The Morgan fingerprint density at radius 1 is 1.58 bits per heavy atom. The Labute approximate surface area is 125 Å². The van der Waals surface area contributed by atoms with Crippen LogP contribution < -0.4 is 4.90 Å². The number of alkyl halides is 1. The predicted molar refractivity (Wildman–Crippen MR) is 84.5 cm³/mol. The van der Waals surface area contributed by atoms with Gasteiger partial charge in [-0.25, -0.2) is 0 Å². The molecule has 0 aromatic heterocycles. The Hall–Kier alpha value is -0.750. The molecule has 1 unspecified atom stereocenters. The lowest BCUT2D eigenvalue weighted by atomic mass is 10.1. The van der Waals surface area contributed by atoms with Gasteiger partial charge in [-0.3, -0.25) is 10.1 Å². The summed E-state index contributed by atoms with van der Waals surface area (Å²) in [6, 6.07) is 5.52. The lowest BCUT2D eigenvalue weighted by molar-refractivity contribution is -0.384. The second-order valence-electron chi connectivity index (χ2n) is 4.56. The maximum absolute atomic E-state index is 11.2. The number of hydrogen-bond donors (Lipinski definition) is 0. The average Bonchev–Trinajstić information content (AvgIpc) is 2.46. The minimum absolute atomic E-state index is 0.221. The van der Waals surface area contributed by atoms with Crippen LogP contribution in [0.25, 0.3) is 0 Å². The normalized spacial score (nSPS) is 19.5. The minimum atomic E-state index is -0.274. The highest BCUT2D eigenvalue weighted by atomic mass is 79.9. The van der Waals surface area contributed by atoms with E-state index < -0.39 is 0 Å². The van der Waals surface area contributed by atoms with Crippen LogP contribution >= 0.6 is 27.7 Å². The van der Waals surface area contributed by atoms with Crippen molar-refractivity contribution in [3.8, 4) is 0 Å². The van der Waals surface area contributed by atoms with Gasteiger partial charge in [-0.1, -0.05) is 28.9 Å². The molecule has 1 aromatic carbocycles. The zero-order chi connectivity index (χ0) is 13.8. The Kier molecular flexibility index (Phi) is 5.10. The number of thioether (sulfide) groups is 1. The molecule has 1 heterocycles. The molecule has 1 saturated heterocycles. The van der Waals surface area contributed by atoms with Crippen LogP contribution in [0.3, 0.4) is 0 Å². The Balaban J connectivity index is 2.30. The van der Waals surface area contributed by atoms with Crippen LogP contribution in [0, 0.1) is 10.1 Å². The molecule has 1 aliphatic rings. The molecule has 4 nitrogen and oxygen atoms in total. The van der Waals surface area contributed by atoms with Crippen molar-refractivity contribution in [3.63, 3.8) is 0 Å². The van der Waals surface area contributed by atoms with E-state index >= 15 is 0 Å². The van der Waals surface area contributed by atoms with Crippen molar-refractivity contribution in [2.24, 2.45) is 0 Å². The SMILES string of the molecule is CCC1CN(c2ccc(CBr)cc2[N+](=O)[O-])CCS1. The van der Waals surface area contributed by atoms with E-state index in [9.17, 15) is 10.1 Å². The summed E-state index contributed by atoms with van der Waals surface area (Å²) >= 11 is 5.31. The van der Waals surface area contributed by atoms with Gasteiger partial charge in [0.15, 0.2) is 0 Å². The first-order valence-corrected chi connectivity index (χ1v) is 8.52. The number of nitro benzene ring substituents is 1. The van der Waals surface area contributed by atoms with Gasteiger partial charge in [0.1, 0.15) is 5.69 Å². The molecule has 19 heavy (non-hydrogen) atoms. The van der Waals surface area contributed by atoms with Gasteiger partial charge >= 0.3 is 0 Å². The summed E-state index contributed by atoms with van der Waals surface area (Å²) in [5, 5.41) is 12.5. The van der Waals surface area contributed by atoms with Crippen molar-refractivity contribution in [2.45, 2.75) is 23.9 Å². The quantitative estimate of drug-likeness (QED) is 0.473. The van der Waals surface area contributed by atoms with Crippen molar-refractivity contribution < 1.29 is 4.92 Å². The number of nitro groups is 1. The van der Waals surface area contributed by atoms with Gasteiger partial charge in [-0.15, -0.1) is 0 Å². The molecule has 104 valence electrons. The molecule has 1 atom stereocenters. The van der Waals surface area contributed by atoms with E-state index in [2.05, 4.69) is 27.8 Å². The van der Waals surface area contributed by atoms with Gasteiger partial charge in [0.25, 0.3) is 5.69 Å². The van der Waals surface area contributed by atoms with Gasteiger partial charge in [-0.05, 0) is 18.1 Å². The molecular weight excluding hydrogens is 328 g/mol. The van der Waals surface area contributed by atoms with Crippen molar-refractivity contribution in [3.05, 3.63) is 33.9 Å². The number of halogens is 1. The number of rotatable bonds is 4. The van der Waals surface area contributed by atoms with E-state index in [1.54, 1.807) is 6.07 Å². The van der Waals surface area contributed by atoms with E-state index in [1.165, 1.54) is 0 Å². The van der Waals surface area contributed by atoms with Crippen molar-refractivity contribution in [1.29, 1.82) is 0 Å². The zero-order valence-electron chi connectivity index (χ0n) is 10.8. The molecule has 0 amide bonds. The lowest BCUT2D eigenvalue weighted by Crippen LogP contribution is -2.37. The van der Waals surface area contributed by atoms with Crippen LogP contribution in [-0.2, 0) is 5.33 Å². The van der Waals surface area contributed by atoms with Crippen LogP contribution in [0.2, 0.25) is 0 Å². The van der Waals surface area contributed by atoms with Crippen LogP contribution in [-0.4, -0.2) is 29.0 Å². The molecule has 0 N–H and O–H groups in total. The zero-order valence-corrected chi connectivity index (χ0v) is 13.2. The highest BCUT2D eigenvalue weighted by Crippen LogP contribution is 2.33. The van der Waals surface area contributed by atoms with E-state index in [-0.39, 0.29) is 10.6 Å². The first-order valence-electron chi connectivity index (χ1n) is 6.35. The smallest absolute Gasteiger partial charge is 0.292 e. The maximum atomic E-state index is 11.2. The first-order chi connectivity index (χ1) is 9.15. The van der Waals surface area contributed by atoms with Gasteiger partial charge < -0.3 is 4.90 Å². The van der Waals surface area contributed by atoms with E-state index in [0.29, 0.717) is 10.6 Å². The Morgan fingerprint density at radius 2 is 2.37 bits per heavy atom. The second kappa shape index (κ2) is 6.61. The van der Waals surface area contributed by atoms with E-state index in [4.69, 9.17) is 0 Å². The van der Waals surface area contributed by atoms with Crippen molar-refractivity contribution in [1.82, 2.24) is 0 Å². The third-order valence-electron chi connectivity index (χ3n) is 3.33. The Morgan fingerprint density at radius 3 is 3.00 bits per heavy atom. The number of nitrogens with zero attached hydrogens (tertiary/aromatic N) is 2. The molecule has 0 saturated carbocycles. The summed E-state index contributed by atoms with van der Waals surface area (Å²) in [5.41, 5.74) is 1.92. The fourth-order valence-corrected chi connectivity index (χ4v) is 3.78. The second-order valence-corrected chi connectivity index (χ2v) is 6.53. The molecule has 0 bridgehead atoms. The summed E-state index contributed by atoms with van der Waals surface area (Å²) in [5.74, 6) is 1.04. The van der Waals surface area contributed by atoms with Gasteiger partial charge in [0.05, 0.1) is 4.92 Å². The summed E-state index contributed by atoms with van der Waals surface area (Å²) in [6.45, 7) is 3.95. The number of hydrogen-bond acceptors (Lipinski definition) is 4. The molecule has 0 aliphatic carbocycles. The van der Waals surface area contributed by atoms with Gasteiger partial charge in [0.2, 0.25) is 0 Å². The van der Waals surface area contributed by atoms with Gasteiger partial charge in [-0.2, -0.15) is 11.8 Å². The molecule has 2 rings (SSSR count). The summed E-state index contributed by atoms with van der Waals surface area (Å²) < 4.78 is 0. The highest BCUT2D eigenvalue weighted by Gasteiger charge is 2.25. The monoisotopic (exact) mass is 344 g/mol. The van der Waals surface area contributed by atoms with Crippen LogP contribution in [0.5, 0.6) is 0 Å². The molecule has 6 heteroatoms. The van der Waals surface area contributed by atoms with Crippen molar-refractivity contribution in [2.75, 3.05) is 23.7 Å². The number of benzene rings is 1. The van der Waals surface area contributed by atoms with E-state index in [0.717, 1.165) is 36.5 Å². The largest absolute Gasteiger partial charge is 0.364 e. The van der Waals surface area contributed by atoms with Crippen molar-refractivity contribution >= 4 is 39.1 Å². The lowest BCUT2D eigenvalue weighted by Gasteiger charge is -2.33. The van der Waals surface area contributed by atoms with Crippen LogP contribution in [0.15, 0.2) is 18.2 Å². The van der Waals surface area contributed by atoms with Gasteiger partial charge in [0, 0.05) is 35.5 Å². The first kappa shape index (κ1) is 14.7. The summed E-state index contributed by atoms with van der Waals surface area (Å²) in [6.07, 6.45) is 1.11. The Bertz CT molecular complexity index is 470. The third-order valence-corrected chi connectivity index (χ3v) is 5.35. The summed E-state index contributed by atoms with van der Waals surface area (Å²) in [4.78, 5) is 13.1. The van der Waals surface area contributed by atoms with Crippen LogP contribution in [0.1, 0.15) is 18.9 Å². The van der Waals surface area contributed by atoms with E-state index in [1.807, 2.05) is 23.9 Å². The molecule has 1 fully saturated rings.